The molecule has 0 spiro atoms. The Morgan fingerprint density at radius 1 is 1.04 bits per heavy atom. The molecule has 2 fully saturated rings. The van der Waals surface area contributed by atoms with Gasteiger partial charge in [-0.1, -0.05) is 0 Å². The summed E-state index contributed by atoms with van der Waals surface area (Å²) in [4.78, 5) is 7.50. The maximum Gasteiger partial charge on any atom is 0.123 e. The molecular formula is C20H26FN5. The van der Waals surface area contributed by atoms with Crippen LogP contribution in [-0.2, 0) is 19.4 Å². The first-order valence-corrected chi connectivity index (χ1v) is 9.78. The van der Waals surface area contributed by atoms with Crippen molar-refractivity contribution in [2.45, 2.75) is 31.8 Å². The van der Waals surface area contributed by atoms with E-state index in [1.165, 1.54) is 36.2 Å². The average molecular weight is 355 g/mol. The second-order valence-corrected chi connectivity index (χ2v) is 7.83. The van der Waals surface area contributed by atoms with Gasteiger partial charge in [-0.3, -0.25) is 14.9 Å². The van der Waals surface area contributed by atoms with Crippen molar-refractivity contribution in [1.29, 1.82) is 0 Å². The molecular weight excluding hydrogens is 329 g/mol. The van der Waals surface area contributed by atoms with E-state index >= 15 is 0 Å². The van der Waals surface area contributed by atoms with E-state index in [1.807, 2.05) is 12.1 Å². The van der Waals surface area contributed by atoms with Gasteiger partial charge in [0.1, 0.15) is 5.82 Å². The normalized spacial score (nSPS) is 21.8. The number of likely N-dealkylation sites (tertiary alicyclic amines) is 1. The molecule has 0 radical (unpaired) electrons. The van der Waals surface area contributed by atoms with Crippen LogP contribution in [0.15, 0.2) is 24.3 Å². The fourth-order valence-corrected chi connectivity index (χ4v) is 4.63. The van der Waals surface area contributed by atoms with Crippen molar-refractivity contribution >= 4 is 5.69 Å². The molecule has 26 heavy (non-hydrogen) atoms. The zero-order chi connectivity index (χ0) is 17.5. The second kappa shape index (κ2) is 6.67. The summed E-state index contributed by atoms with van der Waals surface area (Å²) in [5, 5.41) is 7.76. The lowest BCUT2D eigenvalue weighted by molar-refractivity contribution is 0.0247. The van der Waals surface area contributed by atoms with Gasteiger partial charge in [0.15, 0.2) is 0 Å². The summed E-state index contributed by atoms with van der Waals surface area (Å²) in [6.07, 6.45) is 3.64. The lowest BCUT2D eigenvalue weighted by Crippen LogP contribution is -2.62. The SMILES string of the molecule is Fc1ccc(N2CCN(C3CN(Cc4n[nH]c5c4CCC5)C3)CC2)cc1. The van der Waals surface area contributed by atoms with E-state index in [0.29, 0.717) is 6.04 Å². The third-order valence-corrected chi connectivity index (χ3v) is 6.23. The monoisotopic (exact) mass is 355 g/mol. The van der Waals surface area contributed by atoms with Gasteiger partial charge in [-0.2, -0.15) is 5.10 Å². The summed E-state index contributed by atoms with van der Waals surface area (Å²) in [5.74, 6) is -0.162. The maximum atomic E-state index is 13.1. The molecule has 0 unspecified atom stereocenters. The number of halogens is 1. The molecule has 1 aliphatic carbocycles. The molecule has 1 N–H and O–H groups in total. The van der Waals surface area contributed by atoms with Gasteiger partial charge >= 0.3 is 0 Å². The van der Waals surface area contributed by atoms with Crippen LogP contribution in [0, 0.1) is 5.82 Å². The summed E-state index contributed by atoms with van der Waals surface area (Å²) in [6.45, 7) is 7.53. The molecule has 0 amide bonds. The molecule has 3 heterocycles. The number of nitrogens with one attached hydrogen (secondary N) is 1. The predicted molar refractivity (Wildman–Crippen MR) is 99.9 cm³/mol. The van der Waals surface area contributed by atoms with Gasteiger partial charge in [-0.15, -0.1) is 0 Å². The zero-order valence-corrected chi connectivity index (χ0v) is 15.1. The number of hydrogen-bond acceptors (Lipinski definition) is 4. The Morgan fingerprint density at radius 3 is 2.58 bits per heavy atom. The minimum absolute atomic E-state index is 0.162. The van der Waals surface area contributed by atoms with Crippen molar-refractivity contribution in [2.75, 3.05) is 44.2 Å². The standard InChI is InChI=1S/C20H26FN5/c21-15-4-6-16(7-5-15)25-8-10-26(11-9-25)17-12-24(13-17)14-20-18-2-1-3-19(18)22-23-20/h4-7,17H,1-3,8-14H2,(H,22,23). The van der Waals surface area contributed by atoms with Gasteiger partial charge in [0, 0.05) is 63.2 Å². The first-order valence-electron chi connectivity index (χ1n) is 9.78. The summed E-state index contributed by atoms with van der Waals surface area (Å²) < 4.78 is 13.1. The number of rotatable bonds is 4. The molecule has 0 saturated carbocycles. The largest absolute Gasteiger partial charge is 0.369 e. The number of benzene rings is 1. The van der Waals surface area contributed by atoms with Crippen LogP contribution in [0.4, 0.5) is 10.1 Å². The van der Waals surface area contributed by atoms with Crippen LogP contribution < -0.4 is 4.90 Å². The minimum atomic E-state index is -0.162. The Kier molecular flexibility index (Phi) is 4.17. The van der Waals surface area contributed by atoms with Crippen LogP contribution in [0.5, 0.6) is 0 Å². The highest BCUT2D eigenvalue weighted by molar-refractivity contribution is 5.46. The van der Waals surface area contributed by atoms with Crippen LogP contribution in [0.1, 0.15) is 23.4 Å². The molecule has 1 aromatic carbocycles. The van der Waals surface area contributed by atoms with Crippen molar-refractivity contribution in [2.24, 2.45) is 0 Å². The van der Waals surface area contributed by atoms with Crippen molar-refractivity contribution in [3.63, 3.8) is 0 Å². The molecule has 5 rings (SSSR count). The highest BCUT2D eigenvalue weighted by Gasteiger charge is 2.34. The number of anilines is 1. The fraction of sp³-hybridized carbons (Fsp3) is 0.550. The Bertz CT molecular complexity index is 757. The summed E-state index contributed by atoms with van der Waals surface area (Å²) in [5.41, 5.74) is 5.26. The molecule has 3 aliphatic rings. The number of H-pyrrole nitrogens is 1. The molecule has 2 saturated heterocycles. The predicted octanol–water partition coefficient (Wildman–Crippen LogP) is 2.04. The van der Waals surface area contributed by atoms with E-state index in [4.69, 9.17) is 0 Å². The van der Waals surface area contributed by atoms with Crippen LogP contribution >= 0.6 is 0 Å². The first-order chi connectivity index (χ1) is 12.8. The number of aromatic amines is 1. The van der Waals surface area contributed by atoms with E-state index in [1.54, 1.807) is 12.1 Å². The Hall–Kier alpha value is -1.92. The molecule has 2 aliphatic heterocycles. The van der Waals surface area contributed by atoms with Gasteiger partial charge in [0.25, 0.3) is 0 Å². The number of aromatic nitrogens is 2. The molecule has 1 aromatic heterocycles. The van der Waals surface area contributed by atoms with Crippen LogP contribution in [-0.4, -0.2) is 65.3 Å². The highest BCUT2D eigenvalue weighted by Crippen LogP contribution is 2.26. The van der Waals surface area contributed by atoms with Crippen molar-refractivity contribution in [1.82, 2.24) is 20.0 Å². The van der Waals surface area contributed by atoms with Gasteiger partial charge in [-0.05, 0) is 49.1 Å². The Morgan fingerprint density at radius 2 is 1.81 bits per heavy atom. The van der Waals surface area contributed by atoms with E-state index in [0.717, 1.165) is 51.5 Å². The second-order valence-electron chi connectivity index (χ2n) is 7.83. The van der Waals surface area contributed by atoms with Crippen LogP contribution in [0.3, 0.4) is 0 Å². The summed E-state index contributed by atoms with van der Waals surface area (Å²) in [6, 6.07) is 7.56. The van der Waals surface area contributed by atoms with Gasteiger partial charge in [0.05, 0.1) is 5.69 Å². The average Bonchev–Trinajstić information content (AvgIpc) is 3.23. The van der Waals surface area contributed by atoms with Crippen LogP contribution in [0.2, 0.25) is 0 Å². The van der Waals surface area contributed by atoms with Crippen LogP contribution in [0.25, 0.3) is 0 Å². The van der Waals surface area contributed by atoms with Crippen molar-refractivity contribution in [3.05, 3.63) is 47.0 Å². The van der Waals surface area contributed by atoms with E-state index in [9.17, 15) is 4.39 Å². The van der Waals surface area contributed by atoms with Gasteiger partial charge in [0.2, 0.25) is 0 Å². The summed E-state index contributed by atoms with van der Waals surface area (Å²) >= 11 is 0. The fourth-order valence-electron chi connectivity index (χ4n) is 4.63. The van der Waals surface area contributed by atoms with E-state index < -0.39 is 0 Å². The lowest BCUT2D eigenvalue weighted by Gasteiger charge is -2.48. The summed E-state index contributed by atoms with van der Waals surface area (Å²) in [7, 11) is 0. The Labute approximate surface area is 153 Å². The quantitative estimate of drug-likeness (QED) is 0.911. The molecule has 2 aromatic rings. The lowest BCUT2D eigenvalue weighted by atomic mass is 10.0. The van der Waals surface area contributed by atoms with Gasteiger partial charge < -0.3 is 4.90 Å². The third-order valence-electron chi connectivity index (χ3n) is 6.23. The number of nitrogens with zero attached hydrogens (tertiary/aromatic N) is 4. The van der Waals surface area contributed by atoms with Crippen molar-refractivity contribution < 1.29 is 4.39 Å². The topological polar surface area (TPSA) is 38.4 Å². The molecule has 138 valence electrons. The molecule has 6 heteroatoms. The van der Waals surface area contributed by atoms with Gasteiger partial charge in [-0.25, -0.2) is 4.39 Å². The highest BCUT2D eigenvalue weighted by atomic mass is 19.1. The molecule has 5 nitrogen and oxygen atoms in total. The number of hydrogen-bond donors (Lipinski definition) is 1. The zero-order valence-electron chi connectivity index (χ0n) is 15.1. The number of aryl methyl sites for hydroxylation is 1. The number of piperazine rings is 1. The molecule has 0 bridgehead atoms. The minimum Gasteiger partial charge on any atom is -0.369 e. The van der Waals surface area contributed by atoms with Crippen molar-refractivity contribution in [3.8, 4) is 0 Å². The number of fused-ring (bicyclic) bond motifs is 1. The maximum absolute atomic E-state index is 13.1. The van der Waals surface area contributed by atoms with E-state index in [-0.39, 0.29) is 5.82 Å². The Balaban J connectivity index is 1.10. The van der Waals surface area contributed by atoms with E-state index in [2.05, 4.69) is 24.9 Å². The smallest absolute Gasteiger partial charge is 0.123 e. The third kappa shape index (κ3) is 3.01. The molecule has 0 atom stereocenters. The first kappa shape index (κ1) is 16.3.